The van der Waals surface area contributed by atoms with Gasteiger partial charge >= 0.3 is 5.97 Å². The molecule has 3 saturated heterocycles. The molecule has 3 fully saturated rings. The van der Waals surface area contributed by atoms with E-state index in [4.69, 9.17) is 4.74 Å². The summed E-state index contributed by atoms with van der Waals surface area (Å²) in [5.41, 5.74) is 2.79. The number of unbranched alkanes of at least 4 members (excludes halogenated alkanes) is 2. The standard InChI is InChI=1S/C30H39BrN2O5S/c1-5-7-17-38-29(37)22-23-27(35)33(15-9-8-10-16-34)26(30(23)18-21(31)25(22)39-30)28(36)32(14-6-2)24-19(3)12-11-13-20(24)4/h5-6,11-13,21-23,25-26,34H,1-2,7-10,14-18H2,3-4H3/t21?,22-,23-,25-,26?,30?/m0/s1. The second kappa shape index (κ2) is 12.6. The second-order valence-corrected chi connectivity index (χ2v) is 13.4. The molecule has 2 bridgehead atoms. The largest absolute Gasteiger partial charge is 0.465 e. The van der Waals surface area contributed by atoms with Crippen molar-refractivity contribution in [3.8, 4) is 0 Å². The van der Waals surface area contributed by atoms with Gasteiger partial charge in [0.2, 0.25) is 5.91 Å². The zero-order chi connectivity index (χ0) is 28.3. The van der Waals surface area contributed by atoms with Gasteiger partial charge in [0.05, 0.1) is 23.2 Å². The lowest BCUT2D eigenvalue weighted by atomic mass is 9.71. The van der Waals surface area contributed by atoms with Crippen LogP contribution in [0.2, 0.25) is 0 Å². The lowest BCUT2D eigenvalue weighted by molar-refractivity contribution is -0.154. The first-order valence-electron chi connectivity index (χ1n) is 13.7. The van der Waals surface area contributed by atoms with E-state index >= 15 is 0 Å². The highest BCUT2D eigenvalue weighted by molar-refractivity contribution is 9.09. The number of aliphatic hydroxyl groups is 1. The molecule has 39 heavy (non-hydrogen) atoms. The normalized spacial score (nSPS) is 28.9. The summed E-state index contributed by atoms with van der Waals surface area (Å²) in [5, 5.41) is 9.13. The topological polar surface area (TPSA) is 87.1 Å². The van der Waals surface area contributed by atoms with Crippen LogP contribution >= 0.6 is 27.7 Å². The molecule has 2 amide bonds. The van der Waals surface area contributed by atoms with E-state index in [1.807, 2.05) is 32.0 Å². The van der Waals surface area contributed by atoms with Crippen LogP contribution < -0.4 is 4.90 Å². The summed E-state index contributed by atoms with van der Waals surface area (Å²) in [7, 11) is 0. The first-order chi connectivity index (χ1) is 18.7. The summed E-state index contributed by atoms with van der Waals surface area (Å²) in [6.45, 7) is 12.6. The number of benzene rings is 1. The summed E-state index contributed by atoms with van der Waals surface area (Å²) in [6.07, 6.45) is 6.63. The van der Waals surface area contributed by atoms with Crippen molar-refractivity contribution in [1.29, 1.82) is 0 Å². The first-order valence-corrected chi connectivity index (χ1v) is 15.5. The summed E-state index contributed by atoms with van der Waals surface area (Å²) >= 11 is 5.42. The van der Waals surface area contributed by atoms with Crippen LogP contribution in [-0.2, 0) is 19.1 Å². The number of carbonyl (C=O) groups is 3. The molecule has 3 aliphatic rings. The van der Waals surface area contributed by atoms with Crippen molar-refractivity contribution in [2.75, 3.05) is 31.2 Å². The molecule has 1 aromatic carbocycles. The lowest BCUT2D eigenvalue weighted by Gasteiger charge is -2.38. The van der Waals surface area contributed by atoms with E-state index in [1.165, 1.54) is 0 Å². The van der Waals surface area contributed by atoms with Gasteiger partial charge in [0.1, 0.15) is 6.04 Å². The smallest absolute Gasteiger partial charge is 0.310 e. The average molecular weight is 620 g/mol. The minimum absolute atomic E-state index is 0.0128. The molecule has 0 aromatic heterocycles. The lowest BCUT2D eigenvalue weighted by Crippen LogP contribution is -2.56. The molecule has 6 atom stereocenters. The van der Waals surface area contributed by atoms with Crippen molar-refractivity contribution >= 4 is 51.2 Å². The molecule has 0 saturated carbocycles. The number of alkyl halides is 1. The molecule has 3 aliphatic heterocycles. The van der Waals surface area contributed by atoms with Crippen LogP contribution in [0.1, 0.15) is 43.2 Å². The van der Waals surface area contributed by atoms with Crippen LogP contribution in [0.25, 0.3) is 0 Å². The maximum atomic E-state index is 14.7. The van der Waals surface area contributed by atoms with Gasteiger partial charge in [-0.3, -0.25) is 14.4 Å². The summed E-state index contributed by atoms with van der Waals surface area (Å²) in [5.74, 6) is -1.88. The molecular formula is C30H39BrN2O5S. The Balaban J connectivity index is 1.76. The number of ether oxygens (including phenoxy) is 1. The number of hydrogen-bond acceptors (Lipinski definition) is 6. The van der Waals surface area contributed by atoms with E-state index < -0.39 is 22.6 Å². The summed E-state index contributed by atoms with van der Waals surface area (Å²) < 4.78 is 4.87. The van der Waals surface area contributed by atoms with Crippen LogP contribution in [0.5, 0.6) is 0 Å². The number of carbonyl (C=O) groups excluding carboxylic acids is 3. The van der Waals surface area contributed by atoms with Crippen LogP contribution in [0.15, 0.2) is 43.5 Å². The number of fused-ring (bicyclic) bond motifs is 1. The number of amides is 2. The molecule has 4 rings (SSSR count). The fourth-order valence-corrected chi connectivity index (χ4v) is 10.2. The Morgan fingerprint density at radius 1 is 1.23 bits per heavy atom. The molecule has 3 heterocycles. The van der Waals surface area contributed by atoms with Gasteiger partial charge in [-0.05, 0) is 57.1 Å². The average Bonchev–Trinajstić information content (AvgIpc) is 3.49. The molecule has 1 spiro atoms. The number of nitrogens with zero attached hydrogens (tertiary/aromatic N) is 2. The van der Waals surface area contributed by atoms with Crippen molar-refractivity contribution in [1.82, 2.24) is 4.90 Å². The van der Waals surface area contributed by atoms with Gasteiger partial charge in [-0.25, -0.2) is 0 Å². The van der Waals surface area contributed by atoms with E-state index in [-0.39, 0.29) is 41.1 Å². The van der Waals surface area contributed by atoms with Crippen LogP contribution in [0, 0.1) is 25.7 Å². The molecule has 1 aromatic rings. The Morgan fingerprint density at radius 3 is 2.59 bits per heavy atom. The minimum atomic E-state index is -0.734. The van der Waals surface area contributed by atoms with Crippen molar-refractivity contribution in [2.45, 2.75) is 66.8 Å². The summed E-state index contributed by atoms with van der Waals surface area (Å²) in [6, 6.07) is 5.22. The second-order valence-electron chi connectivity index (χ2n) is 10.7. The zero-order valence-electron chi connectivity index (χ0n) is 22.8. The van der Waals surface area contributed by atoms with E-state index in [0.29, 0.717) is 38.8 Å². The highest BCUT2D eigenvalue weighted by Gasteiger charge is 2.76. The van der Waals surface area contributed by atoms with E-state index in [9.17, 15) is 19.5 Å². The first kappa shape index (κ1) is 29.9. The number of anilines is 1. The Morgan fingerprint density at radius 2 is 1.95 bits per heavy atom. The maximum absolute atomic E-state index is 14.7. The molecule has 1 N–H and O–H groups in total. The Labute approximate surface area is 244 Å². The number of thioether (sulfide) groups is 1. The monoisotopic (exact) mass is 618 g/mol. The SMILES string of the molecule is C=CCCOC(=O)[C@H]1[C@H]2C(=O)N(CCCCCO)C(C(=O)N(CC=C)c3c(C)cccc3C)C23CC(Br)[C@@H]1S3. The van der Waals surface area contributed by atoms with Gasteiger partial charge in [-0.2, -0.15) is 0 Å². The molecule has 0 aliphatic carbocycles. The molecular weight excluding hydrogens is 580 g/mol. The number of halogens is 1. The van der Waals surface area contributed by atoms with Crippen molar-refractivity contribution in [3.05, 3.63) is 54.6 Å². The number of rotatable bonds is 13. The number of likely N-dealkylation sites (tertiary alicyclic amines) is 1. The third kappa shape index (κ3) is 5.34. The highest BCUT2D eigenvalue weighted by Crippen LogP contribution is 2.68. The predicted molar refractivity (Wildman–Crippen MR) is 159 cm³/mol. The molecule has 7 nitrogen and oxygen atoms in total. The number of esters is 1. The molecule has 3 unspecified atom stereocenters. The van der Waals surface area contributed by atoms with Crippen molar-refractivity contribution in [2.24, 2.45) is 11.8 Å². The van der Waals surface area contributed by atoms with E-state index in [2.05, 4.69) is 29.1 Å². The maximum Gasteiger partial charge on any atom is 0.310 e. The number of para-hydroxylation sites is 1. The quantitative estimate of drug-likeness (QED) is 0.151. The van der Waals surface area contributed by atoms with Gasteiger partial charge < -0.3 is 19.6 Å². The third-order valence-electron chi connectivity index (χ3n) is 8.21. The Kier molecular flexibility index (Phi) is 9.65. The Bertz CT molecular complexity index is 1110. The third-order valence-corrected chi connectivity index (χ3v) is 11.4. The van der Waals surface area contributed by atoms with Gasteiger partial charge in [0.25, 0.3) is 5.91 Å². The fourth-order valence-electron chi connectivity index (χ4n) is 6.63. The number of aryl methyl sites for hydroxylation is 2. The van der Waals surface area contributed by atoms with Crippen LogP contribution in [0.4, 0.5) is 5.69 Å². The fraction of sp³-hybridized carbons (Fsp3) is 0.567. The molecule has 9 heteroatoms. The van der Waals surface area contributed by atoms with Crippen LogP contribution in [0.3, 0.4) is 0 Å². The minimum Gasteiger partial charge on any atom is -0.465 e. The molecule has 0 radical (unpaired) electrons. The highest BCUT2D eigenvalue weighted by atomic mass is 79.9. The van der Waals surface area contributed by atoms with Crippen molar-refractivity contribution < 1.29 is 24.2 Å². The van der Waals surface area contributed by atoms with Crippen molar-refractivity contribution in [3.63, 3.8) is 0 Å². The van der Waals surface area contributed by atoms with Gasteiger partial charge in [0.15, 0.2) is 0 Å². The van der Waals surface area contributed by atoms with Gasteiger partial charge in [-0.15, -0.1) is 24.9 Å². The van der Waals surface area contributed by atoms with Gasteiger partial charge in [0, 0.05) is 35.5 Å². The number of aliphatic hydroxyl groups excluding tert-OH is 1. The van der Waals surface area contributed by atoms with Gasteiger partial charge in [-0.1, -0.05) is 46.3 Å². The number of hydrogen-bond donors (Lipinski definition) is 1. The Hall–Kier alpha value is -2.10. The molecule has 212 valence electrons. The van der Waals surface area contributed by atoms with E-state index in [0.717, 1.165) is 23.2 Å². The van der Waals surface area contributed by atoms with Crippen LogP contribution in [-0.4, -0.2) is 75.0 Å². The zero-order valence-corrected chi connectivity index (χ0v) is 25.2. The van der Waals surface area contributed by atoms with E-state index in [1.54, 1.807) is 33.7 Å². The summed E-state index contributed by atoms with van der Waals surface area (Å²) in [4.78, 5) is 45.7. The predicted octanol–water partition coefficient (Wildman–Crippen LogP) is 4.57.